The van der Waals surface area contributed by atoms with Crippen LogP contribution in [0.2, 0.25) is 0 Å². The number of hydrogen-bond donors (Lipinski definition) is 0. The predicted molar refractivity (Wildman–Crippen MR) is 49.9 cm³/mol. The summed E-state index contributed by atoms with van der Waals surface area (Å²) in [5.41, 5.74) is 0. The molecule has 0 aliphatic carbocycles. The molecule has 2 nitrogen and oxygen atoms in total. The van der Waals surface area contributed by atoms with E-state index in [1.165, 1.54) is 0 Å². The predicted octanol–water partition coefficient (Wildman–Crippen LogP) is 2.60. The molecule has 1 aromatic rings. The summed E-state index contributed by atoms with van der Waals surface area (Å²) in [6.45, 7) is 2.06. The van der Waals surface area contributed by atoms with Crippen molar-refractivity contribution in [2.45, 2.75) is 19.1 Å². The third-order valence-corrected chi connectivity index (χ3v) is 2.30. The molecular formula is C9H11NOS. The number of rotatable bonds is 4. The van der Waals surface area contributed by atoms with Gasteiger partial charge >= 0.3 is 0 Å². The largest absolute Gasteiger partial charge is 0.465 e. The Balaban J connectivity index is 2.37. The van der Waals surface area contributed by atoms with Crippen molar-refractivity contribution in [1.82, 2.24) is 0 Å². The molecule has 1 aromatic heterocycles. The van der Waals surface area contributed by atoms with Crippen LogP contribution in [0.25, 0.3) is 0 Å². The average Bonchev–Trinajstić information content (AvgIpc) is 2.53. The first-order valence-corrected chi connectivity index (χ1v) is 5.04. The molecule has 0 N–H and O–H groups in total. The van der Waals surface area contributed by atoms with Gasteiger partial charge in [0.15, 0.2) is 0 Å². The first kappa shape index (κ1) is 9.21. The van der Waals surface area contributed by atoms with E-state index in [0.717, 1.165) is 23.7 Å². The maximum atomic E-state index is 8.29. The minimum absolute atomic E-state index is 0.530. The first-order valence-electron chi connectivity index (χ1n) is 3.89. The van der Waals surface area contributed by atoms with Gasteiger partial charge in [0, 0.05) is 6.42 Å². The average molecular weight is 181 g/mol. The van der Waals surface area contributed by atoms with Crippen molar-refractivity contribution in [2.75, 3.05) is 5.75 Å². The van der Waals surface area contributed by atoms with Crippen molar-refractivity contribution in [1.29, 1.82) is 5.26 Å². The van der Waals surface area contributed by atoms with E-state index >= 15 is 0 Å². The normalized spacial score (nSPS) is 9.67. The van der Waals surface area contributed by atoms with E-state index in [1.54, 1.807) is 11.8 Å². The van der Waals surface area contributed by atoms with Crippen LogP contribution >= 0.6 is 11.8 Å². The number of hydrogen-bond acceptors (Lipinski definition) is 3. The van der Waals surface area contributed by atoms with Gasteiger partial charge in [0.2, 0.25) is 0 Å². The van der Waals surface area contributed by atoms with Crippen molar-refractivity contribution in [2.24, 2.45) is 0 Å². The Morgan fingerprint density at radius 3 is 2.83 bits per heavy atom. The second-order valence-electron chi connectivity index (χ2n) is 2.37. The summed E-state index contributed by atoms with van der Waals surface area (Å²) in [4.78, 5) is 0. The molecule has 1 heterocycles. The number of furan rings is 1. The minimum Gasteiger partial charge on any atom is -0.465 e. The second-order valence-corrected chi connectivity index (χ2v) is 3.36. The van der Waals surface area contributed by atoms with Crippen LogP contribution in [0.4, 0.5) is 0 Å². The Morgan fingerprint density at radius 1 is 1.50 bits per heavy atom. The van der Waals surface area contributed by atoms with Gasteiger partial charge in [-0.1, -0.05) is 6.92 Å². The van der Waals surface area contributed by atoms with E-state index in [1.807, 2.05) is 12.1 Å². The maximum absolute atomic E-state index is 8.29. The van der Waals surface area contributed by atoms with Crippen LogP contribution in [0.1, 0.15) is 18.4 Å². The molecule has 1 rings (SSSR count). The highest BCUT2D eigenvalue weighted by Gasteiger charge is 1.99. The van der Waals surface area contributed by atoms with Gasteiger partial charge in [-0.25, -0.2) is 0 Å². The summed E-state index contributed by atoms with van der Waals surface area (Å²) in [5.74, 6) is 3.31. The molecule has 0 aliphatic rings. The van der Waals surface area contributed by atoms with E-state index in [0.29, 0.717) is 5.75 Å². The smallest absolute Gasteiger partial charge is 0.114 e. The molecule has 0 fully saturated rings. The van der Waals surface area contributed by atoms with E-state index in [-0.39, 0.29) is 0 Å². The quantitative estimate of drug-likeness (QED) is 0.670. The molecule has 0 spiro atoms. The molecule has 0 radical (unpaired) electrons. The first-order chi connectivity index (χ1) is 5.86. The number of nitrogens with zero attached hydrogens (tertiary/aromatic N) is 1. The van der Waals surface area contributed by atoms with E-state index in [4.69, 9.17) is 9.68 Å². The Labute approximate surface area is 76.6 Å². The molecule has 64 valence electrons. The van der Waals surface area contributed by atoms with Crippen LogP contribution in [0.15, 0.2) is 16.5 Å². The van der Waals surface area contributed by atoms with Crippen molar-refractivity contribution in [3.05, 3.63) is 23.7 Å². The van der Waals surface area contributed by atoms with Gasteiger partial charge in [0.1, 0.15) is 11.5 Å². The summed E-state index contributed by atoms with van der Waals surface area (Å²) < 4.78 is 5.45. The lowest BCUT2D eigenvalue weighted by atomic mass is 10.4. The Hall–Kier alpha value is -0.880. The SMILES string of the molecule is CCc1ccc(CSCC#N)o1. The fraction of sp³-hybridized carbons (Fsp3) is 0.444. The van der Waals surface area contributed by atoms with E-state index < -0.39 is 0 Å². The van der Waals surface area contributed by atoms with E-state index in [2.05, 4.69) is 13.0 Å². The summed E-state index contributed by atoms with van der Waals surface area (Å²) in [6, 6.07) is 6.04. The van der Waals surface area contributed by atoms with Gasteiger partial charge in [0.05, 0.1) is 17.6 Å². The van der Waals surface area contributed by atoms with Gasteiger partial charge in [-0.05, 0) is 12.1 Å². The van der Waals surface area contributed by atoms with Gasteiger partial charge in [-0.2, -0.15) is 5.26 Å². The lowest BCUT2D eigenvalue weighted by Gasteiger charge is -1.92. The fourth-order valence-corrected chi connectivity index (χ4v) is 1.44. The maximum Gasteiger partial charge on any atom is 0.114 e. The van der Waals surface area contributed by atoms with Gasteiger partial charge in [-0.15, -0.1) is 11.8 Å². The van der Waals surface area contributed by atoms with E-state index in [9.17, 15) is 0 Å². The zero-order valence-electron chi connectivity index (χ0n) is 7.04. The molecule has 0 saturated carbocycles. The van der Waals surface area contributed by atoms with Gasteiger partial charge in [-0.3, -0.25) is 0 Å². The Bertz CT molecular complexity index is 274. The molecule has 0 amide bonds. The Morgan fingerprint density at radius 2 is 2.25 bits per heavy atom. The third-order valence-electron chi connectivity index (χ3n) is 1.48. The van der Waals surface area contributed by atoms with Crippen molar-refractivity contribution < 1.29 is 4.42 Å². The van der Waals surface area contributed by atoms with Crippen molar-refractivity contribution >= 4 is 11.8 Å². The zero-order chi connectivity index (χ0) is 8.81. The molecule has 0 bridgehead atoms. The number of aryl methyl sites for hydroxylation is 1. The lowest BCUT2D eigenvalue weighted by Crippen LogP contribution is -1.76. The molecule has 0 aliphatic heterocycles. The molecular weight excluding hydrogens is 170 g/mol. The minimum atomic E-state index is 0.530. The zero-order valence-corrected chi connectivity index (χ0v) is 7.86. The lowest BCUT2D eigenvalue weighted by molar-refractivity contribution is 0.485. The summed E-state index contributed by atoms with van der Waals surface area (Å²) >= 11 is 1.58. The molecule has 0 unspecified atom stereocenters. The van der Waals surface area contributed by atoms with Crippen molar-refractivity contribution in [3.63, 3.8) is 0 Å². The molecule has 0 atom stereocenters. The second kappa shape index (κ2) is 4.89. The summed E-state index contributed by atoms with van der Waals surface area (Å²) in [7, 11) is 0. The van der Waals surface area contributed by atoms with Crippen LogP contribution in [0, 0.1) is 11.3 Å². The van der Waals surface area contributed by atoms with Crippen molar-refractivity contribution in [3.8, 4) is 6.07 Å². The highest BCUT2D eigenvalue weighted by molar-refractivity contribution is 7.98. The third kappa shape index (κ3) is 2.63. The highest BCUT2D eigenvalue weighted by atomic mass is 32.2. The summed E-state index contributed by atoms with van der Waals surface area (Å²) in [5, 5.41) is 8.29. The number of nitriles is 1. The molecule has 0 aromatic carbocycles. The molecule has 0 saturated heterocycles. The fourth-order valence-electron chi connectivity index (χ4n) is 0.887. The van der Waals surface area contributed by atoms with Crippen LogP contribution in [-0.2, 0) is 12.2 Å². The highest BCUT2D eigenvalue weighted by Crippen LogP contribution is 2.15. The Kier molecular flexibility index (Phi) is 3.75. The van der Waals surface area contributed by atoms with Crippen LogP contribution < -0.4 is 0 Å². The monoisotopic (exact) mass is 181 g/mol. The van der Waals surface area contributed by atoms with Crippen LogP contribution in [-0.4, -0.2) is 5.75 Å². The standard InChI is InChI=1S/C9H11NOS/c1-2-8-3-4-9(11-8)7-12-6-5-10/h3-4H,2,6-7H2,1H3. The van der Waals surface area contributed by atoms with Crippen LogP contribution in [0.3, 0.4) is 0 Å². The summed E-state index contributed by atoms with van der Waals surface area (Å²) in [6.07, 6.45) is 0.933. The molecule has 3 heteroatoms. The van der Waals surface area contributed by atoms with Crippen LogP contribution in [0.5, 0.6) is 0 Å². The van der Waals surface area contributed by atoms with Gasteiger partial charge < -0.3 is 4.42 Å². The van der Waals surface area contributed by atoms with Gasteiger partial charge in [0.25, 0.3) is 0 Å². The topological polar surface area (TPSA) is 36.9 Å². The molecule has 12 heavy (non-hydrogen) atoms. The number of thioether (sulfide) groups is 1.